The molecule has 1 aliphatic carbocycles. The number of hydrazine groups is 1. The van der Waals surface area contributed by atoms with Crippen molar-refractivity contribution < 1.29 is 9.84 Å². The standard InChI is InChI=1S/C10H22N2O2/c1-12(11)7-8-3-5-9(6-4-8)10(13)14-2/h8-10,13H,3-7,11H2,1-2H3. The number of hydrogen-bond acceptors (Lipinski definition) is 4. The van der Waals surface area contributed by atoms with E-state index in [0.717, 1.165) is 32.2 Å². The van der Waals surface area contributed by atoms with Crippen LogP contribution in [0.2, 0.25) is 0 Å². The molecule has 0 aromatic heterocycles. The van der Waals surface area contributed by atoms with Gasteiger partial charge in [0, 0.05) is 26.6 Å². The highest BCUT2D eigenvalue weighted by Crippen LogP contribution is 2.31. The van der Waals surface area contributed by atoms with Gasteiger partial charge in [-0.05, 0) is 31.6 Å². The largest absolute Gasteiger partial charge is 0.368 e. The minimum absolute atomic E-state index is 0.319. The summed E-state index contributed by atoms with van der Waals surface area (Å²) in [6.07, 6.45) is 3.81. The van der Waals surface area contributed by atoms with Gasteiger partial charge < -0.3 is 9.84 Å². The first-order valence-electron chi connectivity index (χ1n) is 5.30. The molecule has 14 heavy (non-hydrogen) atoms. The third-order valence-electron chi connectivity index (χ3n) is 3.08. The van der Waals surface area contributed by atoms with Crippen LogP contribution in [0, 0.1) is 11.8 Å². The lowest BCUT2D eigenvalue weighted by Crippen LogP contribution is -2.35. The molecule has 0 radical (unpaired) electrons. The van der Waals surface area contributed by atoms with Crippen LogP contribution >= 0.6 is 0 Å². The number of ether oxygens (including phenoxy) is 1. The minimum atomic E-state index is -0.577. The van der Waals surface area contributed by atoms with Gasteiger partial charge in [0.2, 0.25) is 0 Å². The Morgan fingerprint density at radius 1 is 1.43 bits per heavy atom. The van der Waals surface area contributed by atoms with E-state index in [1.807, 2.05) is 7.05 Å². The molecule has 1 aliphatic rings. The normalized spacial score (nSPS) is 30.6. The highest BCUT2D eigenvalue weighted by molar-refractivity contribution is 4.75. The SMILES string of the molecule is COC(O)C1CCC(CN(C)N)CC1. The number of nitrogens with two attached hydrogens (primary N) is 1. The Hall–Kier alpha value is -0.160. The molecule has 4 nitrogen and oxygen atoms in total. The van der Waals surface area contributed by atoms with Crippen molar-refractivity contribution in [1.29, 1.82) is 0 Å². The number of aliphatic hydroxyl groups excluding tert-OH is 1. The molecule has 0 heterocycles. The van der Waals surface area contributed by atoms with Crippen LogP contribution in [0.3, 0.4) is 0 Å². The minimum Gasteiger partial charge on any atom is -0.368 e. The maximum Gasteiger partial charge on any atom is 0.156 e. The summed E-state index contributed by atoms with van der Waals surface area (Å²) in [6.45, 7) is 0.954. The molecule has 0 saturated heterocycles. The Labute approximate surface area is 86.0 Å². The third-order valence-corrected chi connectivity index (χ3v) is 3.08. The summed E-state index contributed by atoms with van der Waals surface area (Å²) < 4.78 is 4.93. The predicted octanol–water partition coefficient (Wildman–Crippen LogP) is 0.563. The summed E-state index contributed by atoms with van der Waals surface area (Å²) in [7, 11) is 3.46. The van der Waals surface area contributed by atoms with Crippen molar-refractivity contribution in [3.05, 3.63) is 0 Å². The van der Waals surface area contributed by atoms with Gasteiger partial charge in [0.05, 0.1) is 0 Å². The van der Waals surface area contributed by atoms with Crippen LogP contribution in [0.5, 0.6) is 0 Å². The number of aliphatic hydroxyl groups is 1. The van der Waals surface area contributed by atoms with Crippen LogP contribution in [0.25, 0.3) is 0 Å². The molecular formula is C10H22N2O2. The van der Waals surface area contributed by atoms with E-state index in [4.69, 9.17) is 10.6 Å². The lowest BCUT2D eigenvalue weighted by Gasteiger charge is -2.31. The van der Waals surface area contributed by atoms with Crippen molar-refractivity contribution in [1.82, 2.24) is 5.01 Å². The smallest absolute Gasteiger partial charge is 0.156 e. The summed E-state index contributed by atoms with van der Waals surface area (Å²) in [5.74, 6) is 6.61. The van der Waals surface area contributed by atoms with E-state index < -0.39 is 6.29 Å². The average molecular weight is 202 g/mol. The van der Waals surface area contributed by atoms with Gasteiger partial charge in [0.25, 0.3) is 0 Å². The van der Waals surface area contributed by atoms with Gasteiger partial charge in [0.1, 0.15) is 0 Å². The molecule has 1 saturated carbocycles. The molecule has 1 fully saturated rings. The summed E-state index contributed by atoms with van der Waals surface area (Å²) in [5.41, 5.74) is 0. The molecule has 1 atom stereocenters. The zero-order valence-electron chi connectivity index (χ0n) is 9.15. The molecule has 0 bridgehead atoms. The topological polar surface area (TPSA) is 58.7 Å². The molecule has 0 spiro atoms. The number of rotatable bonds is 4. The third kappa shape index (κ3) is 3.53. The first kappa shape index (κ1) is 11.9. The highest BCUT2D eigenvalue weighted by Gasteiger charge is 2.26. The number of methoxy groups -OCH3 is 1. The Balaban J connectivity index is 2.24. The summed E-state index contributed by atoms with van der Waals surface area (Å²) in [5, 5.41) is 11.2. The Morgan fingerprint density at radius 3 is 2.43 bits per heavy atom. The number of nitrogens with zero attached hydrogens (tertiary/aromatic N) is 1. The van der Waals surface area contributed by atoms with Crippen LogP contribution in [-0.4, -0.2) is 37.1 Å². The lowest BCUT2D eigenvalue weighted by atomic mass is 9.81. The molecule has 84 valence electrons. The first-order chi connectivity index (χ1) is 6.63. The summed E-state index contributed by atoms with van der Waals surface area (Å²) in [4.78, 5) is 0. The average Bonchev–Trinajstić information content (AvgIpc) is 2.17. The summed E-state index contributed by atoms with van der Waals surface area (Å²) >= 11 is 0. The van der Waals surface area contributed by atoms with E-state index in [2.05, 4.69) is 0 Å². The Kier molecular flexibility index (Phi) is 4.81. The van der Waals surface area contributed by atoms with Gasteiger partial charge in [-0.3, -0.25) is 5.84 Å². The van der Waals surface area contributed by atoms with Gasteiger partial charge in [-0.1, -0.05) is 0 Å². The van der Waals surface area contributed by atoms with Crippen molar-refractivity contribution >= 4 is 0 Å². The quantitative estimate of drug-likeness (QED) is 0.397. The molecule has 0 aromatic rings. The van der Waals surface area contributed by atoms with Crippen molar-refractivity contribution in [3.8, 4) is 0 Å². The fourth-order valence-corrected chi connectivity index (χ4v) is 2.26. The second-order valence-electron chi connectivity index (χ2n) is 4.35. The van der Waals surface area contributed by atoms with E-state index in [1.165, 1.54) is 0 Å². The van der Waals surface area contributed by atoms with Gasteiger partial charge in [-0.2, -0.15) is 0 Å². The molecule has 1 unspecified atom stereocenters. The van der Waals surface area contributed by atoms with E-state index in [-0.39, 0.29) is 0 Å². The van der Waals surface area contributed by atoms with Gasteiger partial charge in [-0.15, -0.1) is 0 Å². The molecular weight excluding hydrogens is 180 g/mol. The molecule has 0 amide bonds. The molecule has 1 rings (SSSR count). The van der Waals surface area contributed by atoms with Crippen LogP contribution in [0.1, 0.15) is 25.7 Å². The Bertz CT molecular complexity index is 156. The molecule has 4 heteroatoms. The highest BCUT2D eigenvalue weighted by atomic mass is 16.6. The van der Waals surface area contributed by atoms with Crippen LogP contribution in [0.4, 0.5) is 0 Å². The maximum absolute atomic E-state index is 9.49. The molecule has 0 aliphatic heterocycles. The van der Waals surface area contributed by atoms with Crippen molar-refractivity contribution in [3.63, 3.8) is 0 Å². The zero-order valence-corrected chi connectivity index (χ0v) is 9.15. The Morgan fingerprint density at radius 2 is 2.00 bits per heavy atom. The van der Waals surface area contributed by atoms with Crippen LogP contribution < -0.4 is 5.84 Å². The number of hydrogen-bond donors (Lipinski definition) is 2. The predicted molar refractivity (Wildman–Crippen MR) is 55.3 cm³/mol. The fourth-order valence-electron chi connectivity index (χ4n) is 2.26. The second-order valence-corrected chi connectivity index (χ2v) is 4.35. The van der Waals surface area contributed by atoms with Crippen LogP contribution in [0.15, 0.2) is 0 Å². The van der Waals surface area contributed by atoms with Crippen LogP contribution in [-0.2, 0) is 4.74 Å². The second kappa shape index (κ2) is 5.66. The lowest BCUT2D eigenvalue weighted by molar-refractivity contribution is -0.123. The first-order valence-corrected chi connectivity index (χ1v) is 5.30. The van der Waals surface area contributed by atoms with Gasteiger partial charge in [-0.25, -0.2) is 5.01 Å². The van der Waals surface area contributed by atoms with Crippen molar-refractivity contribution in [2.24, 2.45) is 17.7 Å². The van der Waals surface area contributed by atoms with E-state index >= 15 is 0 Å². The van der Waals surface area contributed by atoms with E-state index in [1.54, 1.807) is 12.1 Å². The van der Waals surface area contributed by atoms with Gasteiger partial charge >= 0.3 is 0 Å². The van der Waals surface area contributed by atoms with Gasteiger partial charge in [0.15, 0.2) is 6.29 Å². The fraction of sp³-hybridized carbons (Fsp3) is 1.00. The zero-order chi connectivity index (χ0) is 10.6. The molecule has 0 aromatic carbocycles. The monoisotopic (exact) mass is 202 g/mol. The van der Waals surface area contributed by atoms with Crippen molar-refractivity contribution in [2.45, 2.75) is 32.0 Å². The summed E-state index contributed by atoms with van der Waals surface area (Å²) in [6, 6.07) is 0. The molecule has 3 N–H and O–H groups in total. The maximum atomic E-state index is 9.49. The van der Waals surface area contributed by atoms with E-state index in [0.29, 0.717) is 11.8 Å². The van der Waals surface area contributed by atoms with Crippen molar-refractivity contribution in [2.75, 3.05) is 20.7 Å². The van der Waals surface area contributed by atoms with E-state index in [9.17, 15) is 5.11 Å².